The molecule has 0 unspecified atom stereocenters. The number of rotatable bonds is 13. The summed E-state index contributed by atoms with van der Waals surface area (Å²) in [6, 6.07) is 0. The van der Waals surface area contributed by atoms with Gasteiger partial charge in [0.05, 0.1) is 19.3 Å². The minimum atomic E-state index is -1.06. The van der Waals surface area contributed by atoms with Gasteiger partial charge in [0, 0.05) is 23.3 Å². The molecule has 4 N–H and O–H groups in total. The van der Waals surface area contributed by atoms with Crippen LogP contribution in [0.1, 0.15) is 33.1 Å². The molecule has 0 bridgehead atoms. The zero-order valence-corrected chi connectivity index (χ0v) is 20.6. The minimum absolute atomic E-state index is 0.0650. The molecule has 0 spiro atoms. The Kier molecular flexibility index (Phi) is 27.6. The van der Waals surface area contributed by atoms with Crippen molar-refractivity contribution in [3.8, 4) is 0 Å². The summed E-state index contributed by atoms with van der Waals surface area (Å²) in [7, 11) is 0. The number of aliphatic carboxylic acids is 4. The number of carbonyl (C=O) groups is 7. The van der Waals surface area contributed by atoms with Gasteiger partial charge >= 0.3 is 41.8 Å². The summed E-state index contributed by atoms with van der Waals surface area (Å²) in [6.07, 6.45) is 1.19. The Morgan fingerprint density at radius 1 is 0.649 bits per heavy atom. The summed E-state index contributed by atoms with van der Waals surface area (Å²) in [6.45, 7) is 15.3. The van der Waals surface area contributed by atoms with Crippen LogP contribution >= 0.6 is 0 Å². The van der Waals surface area contributed by atoms with Crippen LogP contribution in [0.3, 0.4) is 0 Å². The topological polar surface area (TPSA) is 228 Å². The summed E-state index contributed by atoms with van der Waals surface area (Å²) in [4.78, 5) is 70.8. The molecule has 0 radical (unpaired) electrons. The zero-order valence-electron chi connectivity index (χ0n) is 20.6. The van der Waals surface area contributed by atoms with Crippen LogP contribution in [0.2, 0.25) is 0 Å². The number of hydrogen-bond acceptors (Lipinski definition) is 10. The van der Waals surface area contributed by atoms with Crippen molar-refractivity contribution in [2.75, 3.05) is 19.8 Å². The molecule has 208 valence electrons. The third kappa shape index (κ3) is 41.9. The molecular weight excluding hydrogens is 500 g/mol. The smallest absolute Gasteiger partial charge is 0.333 e. The van der Waals surface area contributed by atoms with Crippen LogP contribution in [0.15, 0.2) is 49.6 Å². The summed E-state index contributed by atoms with van der Waals surface area (Å²) in [5.41, 5.74) is 0.437. The Labute approximate surface area is 213 Å². The van der Waals surface area contributed by atoms with Crippen LogP contribution in [0, 0.1) is 0 Å². The number of hydrogen-bond donors (Lipinski definition) is 4. The Morgan fingerprint density at radius 3 is 1.41 bits per heavy atom. The first-order valence-electron chi connectivity index (χ1n) is 9.96. The number of carbonyl (C=O) groups excluding carboxylic acids is 3. The number of carboxylic acid groups (broad SMARTS) is 4. The molecule has 0 aliphatic carbocycles. The first-order valence-corrected chi connectivity index (χ1v) is 9.96. The Hall–Kier alpha value is -4.75. The molecule has 14 nitrogen and oxygen atoms in total. The molecule has 0 fully saturated rings. The molecule has 0 amide bonds. The first kappa shape index (κ1) is 39.5. The van der Waals surface area contributed by atoms with E-state index in [2.05, 4.69) is 40.5 Å². The zero-order chi connectivity index (χ0) is 30.0. The van der Waals surface area contributed by atoms with Crippen molar-refractivity contribution in [1.82, 2.24) is 0 Å². The van der Waals surface area contributed by atoms with Crippen LogP contribution in [0.4, 0.5) is 0 Å². The van der Waals surface area contributed by atoms with E-state index in [0.29, 0.717) is 0 Å². The lowest BCUT2D eigenvalue weighted by Crippen LogP contribution is -2.14. The van der Waals surface area contributed by atoms with E-state index in [1.807, 2.05) is 0 Å². The lowest BCUT2D eigenvalue weighted by molar-refractivity contribution is -0.151. The Balaban J connectivity index is -0.000000220. The van der Waals surface area contributed by atoms with E-state index in [9.17, 15) is 33.6 Å². The molecule has 0 saturated carbocycles. The van der Waals surface area contributed by atoms with E-state index in [1.165, 1.54) is 13.8 Å². The Morgan fingerprint density at radius 2 is 1.08 bits per heavy atom. The highest BCUT2D eigenvalue weighted by atomic mass is 16.6. The molecule has 0 atom stereocenters. The predicted octanol–water partition coefficient (Wildman–Crippen LogP) is 1.61. The summed E-state index contributed by atoms with van der Waals surface area (Å²) in [5.74, 6) is -5.75. The standard InChI is InChI=1S/C10H14O6.C6H8O4.C4H6O2.C3H4O2/c1-7(2)10(14)16-6-5-15-9(13)4-3-8(11)12;1-2-6(9)10-4-3-5(7)8;1-3(2)4(5)6;1-2-3(4)5/h1,3-6H2,2H3,(H,11,12);2H,1,3-4H2,(H,7,8);1H2,2H3,(H,5,6);2H,1H2,(H,4,5). The van der Waals surface area contributed by atoms with Crippen molar-refractivity contribution in [1.29, 1.82) is 0 Å². The number of carboxylic acids is 4. The minimum Gasteiger partial charge on any atom is -0.481 e. The van der Waals surface area contributed by atoms with Gasteiger partial charge in [-0.05, 0) is 13.8 Å². The van der Waals surface area contributed by atoms with E-state index >= 15 is 0 Å². The van der Waals surface area contributed by atoms with Crippen molar-refractivity contribution in [2.45, 2.75) is 33.1 Å². The highest BCUT2D eigenvalue weighted by Crippen LogP contribution is 1.95. The van der Waals surface area contributed by atoms with Gasteiger partial charge in [0.15, 0.2) is 0 Å². The van der Waals surface area contributed by atoms with Gasteiger partial charge in [0.1, 0.15) is 19.8 Å². The van der Waals surface area contributed by atoms with Crippen LogP contribution in [0.25, 0.3) is 0 Å². The van der Waals surface area contributed by atoms with Crippen LogP contribution in [-0.4, -0.2) is 82.0 Å². The van der Waals surface area contributed by atoms with Gasteiger partial charge in [-0.2, -0.15) is 0 Å². The third-order valence-electron chi connectivity index (χ3n) is 2.74. The second kappa shape index (κ2) is 25.9. The number of ether oxygens (including phenoxy) is 3. The van der Waals surface area contributed by atoms with Crippen molar-refractivity contribution >= 4 is 41.8 Å². The summed E-state index contributed by atoms with van der Waals surface area (Å²) in [5, 5.41) is 31.9. The lowest BCUT2D eigenvalue weighted by atomic mass is 10.3. The maximum Gasteiger partial charge on any atom is 0.333 e. The normalized spacial score (nSPS) is 8.38. The molecule has 0 saturated heterocycles. The lowest BCUT2D eigenvalue weighted by Gasteiger charge is -2.05. The molecule has 37 heavy (non-hydrogen) atoms. The first-order chi connectivity index (χ1) is 17.0. The second-order valence-electron chi connectivity index (χ2n) is 6.17. The molecule has 14 heteroatoms. The van der Waals surface area contributed by atoms with Crippen molar-refractivity contribution in [3.05, 3.63) is 49.6 Å². The molecule has 0 aliphatic rings. The second-order valence-corrected chi connectivity index (χ2v) is 6.17. The Bertz CT molecular complexity index is 826. The van der Waals surface area contributed by atoms with Gasteiger partial charge in [-0.3, -0.25) is 14.4 Å². The molecule has 0 aromatic carbocycles. The molecule has 0 rings (SSSR count). The molecule has 0 aromatic heterocycles. The quantitative estimate of drug-likeness (QED) is 0.114. The van der Waals surface area contributed by atoms with Gasteiger partial charge in [-0.1, -0.05) is 26.3 Å². The SMILES string of the molecule is C=C(C)C(=O)O.C=C(C)C(=O)OCCOC(=O)CCC(=O)O.C=CC(=O)O.C=CC(=O)OCCC(=O)O. The fraction of sp³-hybridized carbons (Fsp3) is 0.348. The maximum atomic E-state index is 10.9. The van der Waals surface area contributed by atoms with Gasteiger partial charge in [0.25, 0.3) is 0 Å². The van der Waals surface area contributed by atoms with E-state index in [0.717, 1.165) is 12.2 Å². The monoisotopic (exact) mass is 532 g/mol. The van der Waals surface area contributed by atoms with Crippen LogP contribution in [-0.2, 0) is 47.8 Å². The highest BCUT2D eigenvalue weighted by Gasteiger charge is 2.07. The maximum absolute atomic E-state index is 10.9. The van der Waals surface area contributed by atoms with Gasteiger partial charge < -0.3 is 34.6 Å². The average molecular weight is 532 g/mol. The summed E-state index contributed by atoms with van der Waals surface area (Å²) < 4.78 is 13.6. The largest absolute Gasteiger partial charge is 0.481 e. The van der Waals surface area contributed by atoms with Crippen molar-refractivity contribution in [2.24, 2.45) is 0 Å². The molecular formula is C23H32O14. The van der Waals surface area contributed by atoms with Gasteiger partial charge in [-0.25, -0.2) is 19.2 Å². The van der Waals surface area contributed by atoms with E-state index in [4.69, 9.17) is 20.4 Å². The highest BCUT2D eigenvalue weighted by molar-refractivity contribution is 5.87. The average Bonchev–Trinajstić information content (AvgIpc) is 2.80. The van der Waals surface area contributed by atoms with Crippen LogP contribution in [0.5, 0.6) is 0 Å². The molecule has 0 heterocycles. The third-order valence-corrected chi connectivity index (χ3v) is 2.74. The van der Waals surface area contributed by atoms with Crippen molar-refractivity contribution in [3.63, 3.8) is 0 Å². The van der Waals surface area contributed by atoms with E-state index in [-0.39, 0.29) is 50.2 Å². The number of esters is 3. The van der Waals surface area contributed by atoms with Gasteiger partial charge in [-0.15, -0.1) is 0 Å². The predicted molar refractivity (Wildman–Crippen MR) is 127 cm³/mol. The van der Waals surface area contributed by atoms with E-state index < -0.39 is 41.8 Å². The fourth-order valence-corrected chi connectivity index (χ4v) is 0.992. The van der Waals surface area contributed by atoms with Crippen LogP contribution < -0.4 is 0 Å². The fourth-order valence-electron chi connectivity index (χ4n) is 0.992. The van der Waals surface area contributed by atoms with Crippen molar-refractivity contribution < 1.29 is 68.2 Å². The van der Waals surface area contributed by atoms with E-state index in [1.54, 1.807) is 0 Å². The molecule has 0 aliphatic heterocycles. The summed E-state index contributed by atoms with van der Waals surface area (Å²) >= 11 is 0. The molecule has 0 aromatic rings. The van der Waals surface area contributed by atoms with Gasteiger partial charge in [0.2, 0.25) is 0 Å².